The maximum Gasteiger partial charge on any atom is 0.177 e. The first kappa shape index (κ1) is 14.2. The standard InChI is InChI=1S/C14H22N2O2S/c1-8-5-9(2)7-16(6-8)14-12(18-4)11(15)13(19-14)10(3)17/h8-9H,5-7,15H2,1-4H3. The van der Waals surface area contributed by atoms with Crippen molar-refractivity contribution in [1.82, 2.24) is 0 Å². The van der Waals surface area contributed by atoms with E-state index in [0.717, 1.165) is 18.1 Å². The van der Waals surface area contributed by atoms with Gasteiger partial charge in [-0.15, -0.1) is 11.3 Å². The van der Waals surface area contributed by atoms with Gasteiger partial charge in [-0.3, -0.25) is 4.79 Å². The van der Waals surface area contributed by atoms with Crippen LogP contribution >= 0.6 is 11.3 Å². The lowest BCUT2D eigenvalue weighted by Crippen LogP contribution is -2.38. The summed E-state index contributed by atoms with van der Waals surface area (Å²) in [6.45, 7) is 8.07. The lowest BCUT2D eigenvalue weighted by Gasteiger charge is -2.35. The molecule has 0 radical (unpaired) electrons. The van der Waals surface area contributed by atoms with Gasteiger partial charge in [0.1, 0.15) is 5.00 Å². The monoisotopic (exact) mass is 282 g/mol. The molecule has 1 aliphatic rings. The molecule has 1 saturated heterocycles. The lowest BCUT2D eigenvalue weighted by atomic mass is 9.92. The summed E-state index contributed by atoms with van der Waals surface area (Å²) in [4.78, 5) is 14.5. The van der Waals surface area contributed by atoms with E-state index in [2.05, 4.69) is 18.7 Å². The van der Waals surface area contributed by atoms with Gasteiger partial charge in [0.05, 0.1) is 17.7 Å². The third-order valence-electron chi connectivity index (χ3n) is 3.56. The highest BCUT2D eigenvalue weighted by Gasteiger charge is 2.28. The molecule has 0 bridgehead atoms. The van der Waals surface area contributed by atoms with E-state index >= 15 is 0 Å². The van der Waals surface area contributed by atoms with Gasteiger partial charge in [0.25, 0.3) is 0 Å². The highest BCUT2D eigenvalue weighted by Crippen LogP contribution is 2.46. The number of ether oxygens (including phenoxy) is 1. The number of Topliss-reactive ketones (excluding diaryl/α,β-unsaturated/α-hetero) is 1. The van der Waals surface area contributed by atoms with Gasteiger partial charge >= 0.3 is 0 Å². The molecule has 1 fully saturated rings. The van der Waals surface area contributed by atoms with Crippen LogP contribution in [0.2, 0.25) is 0 Å². The predicted molar refractivity (Wildman–Crippen MR) is 80.4 cm³/mol. The molecule has 1 aromatic heterocycles. The SMILES string of the molecule is COc1c(N2CC(C)CC(C)C2)sc(C(C)=O)c1N. The summed E-state index contributed by atoms with van der Waals surface area (Å²) in [7, 11) is 1.61. The lowest BCUT2D eigenvalue weighted by molar-refractivity contribution is 0.102. The molecule has 0 saturated carbocycles. The molecule has 19 heavy (non-hydrogen) atoms. The van der Waals surface area contributed by atoms with Crippen LogP contribution in [-0.2, 0) is 0 Å². The van der Waals surface area contributed by atoms with Gasteiger partial charge in [-0.25, -0.2) is 0 Å². The average Bonchev–Trinajstić information content (AvgIpc) is 2.65. The number of nitrogens with zero attached hydrogens (tertiary/aromatic N) is 1. The van der Waals surface area contributed by atoms with E-state index in [-0.39, 0.29) is 5.78 Å². The minimum absolute atomic E-state index is 0.00477. The maximum atomic E-state index is 11.6. The largest absolute Gasteiger partial charge is 0.492 e. The minimum Gasteiger partial charge on any atom is -0.492 e. The molecular formula is C14H22N2O2S. The number of thiophene rings is 1. The third-order valence-corrected chi connectivity index (χ3v) is 4.91. The fourth-order valence-electron chi connectivity index (χ4n) is 2.91. The second-order valence-electron chi connectivity index (χ2n) is 5.59. The van der Waals surface area contributed by atoms with Crippen molar-refractivity contribution in [3.8, 4) is 5.75 Å². The number of ketones is 1. The number of methoxy groups -OCH3 is 1. The third kappa shape index (κ3) is 2.71. The summed E-state index contributed by atoms with van der Waals surface area (Å²) < 4.78 is 5.42. The molecule has 2 heterocycles. The smallest absolute Gasteiger partial charge is 0.177 e. The summed E-state index contributed by atoms with van der Waals surface area (Å²) in [5.74, 6) is 1.97. The van der Waals surface area contributed by atoms with Gasteiger partial charge in [0, 0.05) is 20.0 Å². The Bertz CT molecular complexity index is 474. The highest BCUT2D eigenvalue weighted by atomic mass is 32.1. The Morgan fingerprint density at radius 3 is 2.42 bits per heavy atom. The number of hydrogen-bond acceptors (Lipinski definition) is 5. The molecule has 2 atom stereocenters. The number of anilines is 2. The Hall–Kier alpha value is -1.23. The Morgan fingerprint density at radius 1 is 1.37 bits per heavy atom. The van der Waals surface area contributed by atoms with Gasteiger partial charge in [-0.2, -0.15) is 0 Å². The molecule has 1 aromatic rings. The molecule has 106 valence electrons. The molecule has 0 aromatic carbocycles. The molecule has 1 aliphatic heterocycles. The number of carbonyl (C=O) groups is 1. The minimum atomic E-state index is 0.00477. The second-order valence-corrected chi connectivity index (χ2v) is 6.59. The van der Waals surface area contributed by atoms with Crippen molar-refractivity contribution in [2.75, 3.05) is 30.8 Å². The van der Waals surface area contributed by atoms with Crippen LogP contribution in [0.25, 0.3) is 0 Å². The normalized spacial score (nSPS) is 23.5. The van der Waals surface area contributed by atoms with Crippen molar-refractivity contribution in [3.63, 3.8) is 0 Å². The number of nitrogens with two attached hydrogens (primary N) is 1. The number of piperidine rings is 1. The van der Waals surface area contributed by atoms with E-state index in [0.29, 0.717) is 28.1 Å². The van der Waals surface area contributed by atoms with Crippen LogP contribution in [0.15, 0.2) is 0 Å². The summed E-state index contributed by atoms with van der Waals surface area (Å²) in [5.41, 5.74) is 6.52. The average molecular weight is 282 g/mol. The van der Waals surface area contributed by atoms with Crippen LogP contribution in [0.3, 0.4) is 0 Å². The van der Waals surface area contributed by atoms with Crippen LogP contribution < -0.4 is 15.4 Å². The zero-order valence-corrected chi connectivity index (χ0v) is 12.8. The quantitative estimate of drug-likeness (QED) is 0.866. The molecule has 2 unspecified atom stereocenters. The van der Waals surface area contributed by atoms with Crippen molar-refractivity contribution < 1.29 is 9.53 Å². The Kier molecular flexibility index (Phi) is 4.04. The van der Waals surface area contributed by atoms with Crippen molar-refractivity contribution in [3.05, 3.63) is 4.88 Å². The zero-order chi connectivity index (χ0) is 14.2. The van der Waals surface area contributed by atoms with E-state index in [1.807, 2.05) is 0 Å². The molecule has 2 N–H and O–H groups in total. The maximum absolute atomic E-state index is 11.6. The summed E-state index contributed by atoms with van der Waals surface area (Å²) in [6, 6.07) is 0. The summed E-state index contributed by atoms with van der Waals surface area (Å²) in [6.07, 6.45) is 1.25. The predicted octanol–water partition coefficient (Wildman–Crippen LogP) is 3.02. The van der Waals surface area contributed by atoms with Crippen molar-refractivity contribution >= 4 is 27.8 Å². The molecule has 0 spiro atoms. The Balaban J connectivity index is 2.38. The van der Waals surface area contributed by atoms with Crippen LogP contribution in [-0.4, -0.2) is 26.0 Å². The van der Waals surface area contributed by atoms with E-state index in [1.54, 1.807) is 14.0 Å². The van der Waals surface area contributed by atoms with Gasteiger partial charge in [0.2, 0.25) is 0 Å². The van der Waals surface area contributed by atoms with Crippen molar-refractivity contribution in [2.45, 2.75) is 27.2 Å². The highest BCUT2D eigenvalue weighted by molar-refractivity contribution is 7.19. The molecular weight excluding hydrogens is 260 g/mol. The van der Waals surface area contributed by atoms with Gasteiger partial charge < -0.3 is 15.4 Å². The molecule has 2 rings (SSSR count). The van der Waals surface area contributed by atoms with Crippen molar-refractivity contribution in [1.29, 1.82) is 0 Å². The number of rotatable bonds is 3. The van der Waals surface area contributed by atoms with Crippen LogP contribution in [0.4, 0.5) is 10.7 Å². The molecule has 0 aliphatic carbocycles. The van der Waals surface area contributed by atoms with Crippen LogP contribution in [0.5, 0.6) is 5.75 Å². The molecule has 0 amide bonds. The second kappa shape index (κ2) is 5.41. The molecule has 4 nitrogen and oxygen atoms in total. The van der Waals surface area contributed by atoms with E-state index in [1.165, 1.54) is 17.8 Å². The van der Waals surface area contributed by atoms with E-state index in [4.69, 9.17) is 10.5 Å². The van der Waals surface area contributed by atoms with Crippen molar-refractivity contribution in [2.24, 2.45) is 11.8 Å². The first-order valence-electron chi connectivity index (χ1n) is 6.66. The van der Waals surface area contributed by atoms with Gasteiger partial charge in [-0.05, 0) is 18.3 Å². The van der Waals surface area contributed by atoms with Crippen LogP contribution in [0, 0.1) is 11.8 Å². The van der Waals surface area contributed by atoms with E-state index < -0.39 is 0 Å². The zero-order valence-electron chi connectivity index (χ0n) is 12.0. The van der Waals surface area contributed by atoms with Crippen LogP contribution in [0.1, 0.15) is 36.9 Å². The van der Waals surface area contributed by atoms with E-state index in [9.17, 15) is 4.79 Å². The topological polar surface area (TPSA) is 55.6 Å². The Morgan fingerprint density at radius 2 is 1.95 bits per heavy atom. The fraction of sp³-hybridized carbons (Fsp3) is 0.643. The fourth-order valence-corrected chi connectivity index (χ4v) is 4.02. The number of hydrogen-bond donors (Lipinski definition) is 1. The molecule has 5 heteroatoms. The van der Waals surface area contributed by atoms with Gasteiger partial charge in [0.15, 0.2) is 11.5 Å². The van der Waals surface area contributed by atoms with Gasteiger partial charge in [-0.1, -0.05) is 13.8 Å². The number of carbonyl (C=O) groups excluding carboxylic acids is 1. The Labute approximate surface area is 118 Å². The number of nitrogen functional groups attached to an aromatic ring is 1. The first-order valence-corrected chi connectivity index (χ1v) is 7.47. The summed E-state index contributed by atoms with van der Waals surface area (Å²) >= 11 is 1.46. The summed E-state index contributed by atoms with van der Waals surface area (Å²) in [5, 5.41) is 1.00. The first-order chi connectivity index (χ1) is 8.93.